The summed E-state index contributed by atoms with van der Waals surface area (Å²) in [6.07, 6.45) is 3.67. The lowest BCUT2D eigenvalue weighted by Crippen LogP contribution is -2.27. The number of nitrogens with one attached hydrogen (secondary N) is 1. The predicted molar refractivity (Wildman–Crippen MR) is 56.1 cm³/mol. The van der Waals surface area contributed by atoms with Crippen molar-refractivity contribution in [1.29, 1.82) is 0 Å². The first-order chi connectivity index (χ1) is 7.16. The van der Waals surface area contributed by atoms with Gasteiger partial charge in [-0.05, 0) is 45.3 Å². The second-order valence-corrected chi connectivity index (χ2v) is 4.72. The molecule has 2 rings (SSSR count). The molecule has 4 nitrogen and oxygen atoms in total. The third kappa shape index (κ3) is 2.37. The molecule has 0 aromatic rings. The van der Waals surface area contributed by atoms with Crippen molar-refractivity contribution in [1.82, 2.24) is 10.2 Å². The van der Waals surface area contributed by atoms with Crippen LogP contribution in [0.2, 0.25) is 0 Å². The molecule has 4 heteroatoms. The van der Waals surface area contributed by atoms with Crippen molar-refractivity contribution in [2.45, 2.75) is 25.7 Å². The van der Waals surface area contributed by atoms with Crippen molar-refractivity contribution in [3.63, 3.8) is 0 Å². The number of amides is 2. The van der Waals surface area contributed by atoms with Gasteiger partial charge in [0.15, 0.2) is 0 Å². The van der Waals surface area contributed by atoms with Gasteiger partial charge in [0.25, 0.3) is 0 Å². The summed E-state index contributed by atoms with van der Waals surface area (Å²) in [6, 6.07) is 0. The van der Waals surface area contributed by atoms with Crippen LogP contribution in [-0.2, 0) is 9.59 Å². The molecule has 2 fully saturated rings. The summed E-state index contributed by atoms with van der Waals surface area (Å²) < 4.78 is 0. The quantitative estimate of drug-likeness (QED) is 0.637. The van der Waals surface area contributed by atoms with Gasteiger partial charge in [0, 0.05) is 12.3 Å². The average Bonchev–Trinajstić information content (AvgIpc) is 2.39. The average molecular weight is 210 g/mol. The molecule has 1 N–H and O–H groups in total. The van der Waals surface area contributed by atoms with E-state index in [0.29, 0.717) is 12.3 Å². The van der Waals surface area contributed by atoms with E-state index in [0.717, 1.165) is 32.4 Å². The van der Waals surface area contributed by atoms with Gasteiger partial charge in [-0.25, -0.2) is 0 Å². The van der Waals surface area contributed by atoms with Crippen LogP contribution in [0.1, 0.15) is 25.7 Å². The molecule has 2 amide bonds. The normalized spacial score (nSPS) is 33.9. The van der Waals surface area contributed by atoms with E-state index in [4.69, 9.17) is 0 Å². The molecule has 0 saturated carbocycles. The Labute approximate surface area is 90.0 Å². The number of nitrogens with zero attached hydrogens (tertiary/aromatic N) is 1. The lowest BCUT2D eigenvalue weighted by molar-refractivity contribution is -0.126. The largest absolute Gasteiger partial charge is 0.306 e. The molecule has 0 bridgehead atoms. The Morgan fingerprint density at radius 3 is 2.73 bits per heavy atom. The minimum absolute atomic E-state index is 0.0467. The highest BCUT2D eigenvalue weighted by Crippen LogP contribution is 2.29. The van der Waals surface area contributed by atoms with Crippen molar-refractivity contribution < 1.29 is 9.59 Å². The summed E-state index contributed by atoms with van der Waals surface area (Å²) in [5.74, 6) is 0.211. The minimum Gasteiger partial charge on any atom is -0.306 e. The molecule has 2 heterocycles. The molecule has 15 heavy (non-hydrogen) atoms. The monoisotopic (exact) mass is 210 g/mol. The topological polar surface area (TPSA) is 49.4 Å². The molecule has 2 aliphatic heterocycles. The molecule has 2 saturated heterocycles. The Bertz CT molecular complexity index is 278. The number of carbonyl (C=O) groups is 2. The number of likely N-dealkylation sites (tertiary alicyclic amines) is 1. The van der Waals surface area contributed by atoms with Gasteiger partial charge < -0.3 is 4.90 Å². The zero-order valence-electron chi connectivity index (χ0n) is 9.16. The summed E-state index contributed by atoms with van der Waals surface area (Å²) in [7, 11) is 2.11. The van der Waals surface area contributed by atoms with E-state index in [1.165, 1.54) is 0 Å². The van der Waals surface area contributed by atoms with Crippen molar-refractivity contribution in [2.24, 2.45) is 11.8 Å². The van der Waals surface area contributed by atoms with Crippen LogP contribution < -0.4 is 5.32 Å². The fourth-order valence-corrected chi connectivity index (χ4v) is 2.62. The number of imide groups is 1. The molecule has 2 unspecified atom stereocenters. The first-order valence-electron chi connectivity index (χ1n) is 5.69. The van der Waals surface area contributed by atoms with E-state index >= 15 is 0 Å². The minimum atomic E-state index is -0.0948. The second-order valence-electron chi connectivity index (χ2n) is 4.72. The fraction of sp³-hybridized carbons (Fsp3) is 0.818. The molecular weight excluding hydrogens is 192 g/mol. The number of hydrogen-bond acceptors (Lipinski definition) is 3. The van der Waals surface area contributed by atoms with Crippen LogP contribution in [0.15, 0.2) is 0 Å². The van der Waals surface area contributed by atoms with Crippen LogP contribution in [0.5, 0.6) is 0 Å². The molecule has 2 aliphatic rings. The Hall–Kier alpha value is -0.900. The first kappa shape index (κ1) is 10.6. The smallest absolute Gasteiger partial charge is 0.230 e. The van der Waals surface area contributed by atoms with Gasteiger partial charge in [0.05, 0.1) is 0 Å². The zero-order valence-corrected chi connectivity index (χ0v) is 9.16. The molecule has 2 atom stereocenters. The summed E-state index contributed by atoms with van der Waals surface area (Å²) >= 11 is 0. The zero-order chi connectivity index (χ0) is 10.8. The Morgan fingerprint density at radius 2 is 2.07 bits per heavy atom. The van der Waals surface area contributed by atoms with Crippen molar-refractivity contribution in [3.05, 3.63) is 0 Å². The summed E-state index contributed by atoms with van der Waals surface area (Å²) in [5.41, 5.74) is 0. The van der Waals surface area contributed by atoms with Crippen LogP contribution in [0.4, 0.5) is 0 Å². The maximum absolute atomic E-state index is 11.5. The molecule has 0 radical (unpaired) electrons. The van der Waals surface area contributed by atoms with Gasteiger partial charge in [-0.15, -0.1) is 0 Å². The van der Waals surface area contributed by atoms with Gasteiger partial charge in [0.1, 0.15) is 0 Å². The van der Waals surface area contributed by atoms with Gasteiger partial charge in [0.2, 0.25) is 11.8 Å². The van der Waals surface area contributed by atoms with Gasteiger partial charge in [-0.3, -0.25) is 14.9 Å². The molecule has 0 spiro atoms. The fourth-order valence-electron chi connectivity index (χ4n) is 2.62. The van der Waals surface area contributed by atoms with Crippen LogP contribution in [0, 0.1) is 11.8 Å². The van der Waals surface area contributed by atoms with Crippen LogP contribution in [0.25, 0.3) is 0 Å². The van der Waals surface area contributed by atoms with E-state index in [2.05, 4.69) is 17.3 Å². The molecule has 0 aromatic carbocycles. The Kier molecular flexibility index (Phi) is 3.05. The van der Waals surface area contributed by atoms with Crippen LogP contribution in [-0.4, -0.2) is 36.9 Å². The Balaban J connectivity index is 1.98. The van der Waals surface area contributed by atoms with E-state index in [1.807, 2.05) is 0 Å². The second kappa shape index (κ2) is 4.31. The highest BCUT2D eigenvalue weighted by molar-refractivity contribution is 6.03. The van der Waals surface area contributed by atoms with Crippen molar-refractivity contribution >= 4 is 11.8 Å². The van der Waals surface area contributed by atoms with Gasteiger partial charge >= 0.3 is 0 Å². The van der Waals surface area contributed by atoms with Crippen molar-refractivity contribution in [2.75, 3.05) is 20.1 Å². The van der Waals surface area contributed by atoms with E-state index in [-0.39, 0.29) is 17.7 Å². The highest BCUT2D eigenvalue weighted by Gasteiger charge is 2.36. The first-order valence-corrected chi connectivity index (χ1v) is 5.69. The molecule has 0 aliphatic carbocycles. The van der Waals surface area contributed by atoms with Crippen LogP contribution in [0.3, 0.4) is 0 Å². The van der Waals surface area contributed by atoms with Gasteiger partial charge in [-0.1, -0.05) is 0 Å². The van der Waals surface area contributed by atoms with Crippen LogP contribution >= 0.6 is 0 Å². The Morgan fingerprint density at radius 1 is 1.27 bits per heavy atom. The lowest BCUT2D eigenvalue weighted by Gasteiger charge is -2.18. The lowest BCUT2D eigenvalue weighted by atomic mass is 9.85. The van der Waals surface area contributed by atoms with E-state index < -0.39 is 0 Å². The maximum Gasteiger partial charge on any atom is 0.230 e. The summed E-state index contributed by atoms with van der Waals surface area (Å²) in [6.45, 7) is 2.15. The molecule has 0 aromatic heterocycles. The molecule has 84 valence electrons. The summed E-state index contributed by atoms with van der Waals surface area (Å²) in [4.78, 5) is 24.9. The maximum atomic E-state index is 11.5. The highest BCUT2D eigenvalue weighted by atomic mass is 16.2. The third-order valence-corrected chi connectivity index (χ3v) is 3.57. The standard InChI is InChI=1S/C11H18N2O2/c1-13-5-2-3-8(4-6-13)9-7-10(14)12-11(9)15/h8-9H,2-7H2,1H3,(H,12,14,15). The summed E-state index contributed by atoms with van der Waals surface area (Å²) in [5, 5.41) is 2.40. The van der Waals surface area contributed by atoms with E-state index in [9.17, 15) is 9.59 Å². The molecular formula is C11H18N2O2. The SMILES string of the molecule is CN1CCCC(C2CC(=O)NC2=O)CC1. The number of hydrogen-bond donors (Lipinski definition) is 1. The van der Waals surface area contributed by atoms with E-state index in [1.54, 1.807) is 0 Å². The number of rotatable bonds is 1. The van der Waals surface area contributed by atoms with Crippen molar-refractivity contribution in [3.8, 4) is 0 Å². The third-order valence-electron chi connectivity index (χ3n) is 3.57. The van der Waals surface area contributed by atoms with Gasteiger partial charge in [-0.2, -0.15) is 0 Å². The predicted octanol–water partition coefficient (Wildman–Crippen LogP) is 0.381. The number of carbonyl (C=O) groups excluding carboxylic acids is 2.